The Morgan fingerprint density at radius 3 is 3.16 bits per heavy atom. The molecule has 3 rings (SSSR count). The molecule has 1 aliphatic heterocycles. The fourth-order valence-electron chi connectivity index (χ4n) is 2.35. The second kappa shape index (κ2) is 5.14. The minimum absolute atomic E-state index is 0.0277. The Morgan fingerprint density at radius 2 is 2.32 bits per heavy atom. The summed E-state index contributed by atoms with van der Waals surface area (Å²) >= 11 is 0. The quantitative estimate of drug-likeness (QED) is 0.877. The summed E-state index contributed by atoms with van der Waals surface area (Å²) in [5.41, 5.74) is 2.35. The van der Waals surface area contributed by atoms with E-state index in [0.717, 1.165) is 12.2 Å². The second-order valence-corrected chi connectivity index (χ2v) is 4.62. The molecule has 5 nitrogen and oxygen atoms in total. The molecule has 98 valence electrons. The molecular formula is C14H15N3O2. The molecule has 1 amide bonds. The van der Waals surface area contributed by atoms with E-state index in [9.17, 15) is 4.79 Å². The number of anilines is 1. The van der Waals surface area contributed by atoms with Crippen molar-refractivity contribution in [3.63, 3.8) is 0 Å². The largest absolute Gasteiger partial charge is 0.384 e. The van der Waals surface area contributed by atoms with Crippen LogP contribution in [0.15, 0.2) is 41.1 Å². The zero-order valence-electron chi connectivity index (χ0n) is 10.4. The summed E-state index contributed by atoms with van der Waals surface area (Å²) in [6, 6.07) is 9.86. The fraction of sp³-hybridized carbons (Fsp3) is 0.286. The molecule has 0 spiro atoms. The molecule has 2 heterocycles. The number of carbonyl (C=O) groups is 1. The van der Waals surface area contributed by atoms with Crippen LogP contribution in [0.5, 0.6) is 0 Å². The molecule has 0 saturated heterocycles. The lowest BCUT2D eigenvalue weighted by Crippen LogP contribution is -2.24. The first kappa shape index (κ1) is 11.8. The van der Waals surface area contributed by atoms with Gasteiger partial charge >= 0.3 is 0 Å². The molecule has 0 radical (unpaired) electrons. The minimum Gasteiger partial charge on any atom is -0.384 e. The number of carbonyl (C=O) groups excluding carboxylic acids is 1. The van der Waals surface area contributed by atoms with Crippen LogP contribution in [-0.4, -0.2) is 17.6 Å². The van der Waals surface area contributed by atoms with E-state index in [-0.39, 0.29) is 11.8 Å². The maximum absolute atomic E-state index is 11.9. The SMILES string of the molecule is O=C(CC1CNc2ccccc21)NCc1ccno1. The topological polar surface area (TPSA) is 67.2 Å². The van der Waals surface area contributed by atoms with Gasteiger partial charge in [-0.15, -0.1) is 0 Å². The van der Waals surface area contributed by atoms with Gasteiger partial charge in [-0.2, -0.15) is 0 Å². The van der Waals surface area contributed by atoms with Crippen molar-refractivity contribution in [3.8, 4) is 0 Å². The Kier molecular flexibility index (Phi) is 3.18. The van der Waals surface area contributed by atoms with Crippen LogP contribution in [0.2, 0.25) is 0 Å². The number of benzene rings is 1. The zero-order valence-corrected chi connectivity index (χ0v) is 10.4. The second-order valence-electron chi connectivity index (χ2n) is 4.62. The van der Waals surface area contributed by atoms with Crippen molar-refractivity contribution in [3.05, 3.63) is 47.9 Å². The Labute approximate surface area is 111 Å². The van der Waals surface area contributed by atoms with Gasteiger partial charge in [0, 0.05) is 30.6 Å². The van der Waals surface area contributed by atoms with E-state index in [1.54, 1.807) is 12.3 Å². The lowest BCUT2D eigenvalue weighted by molar-refractivity contribution is -0.121. The van der Waals surface area contributed by atoms with Gasteiger partial charge in [0.05, 0.1) is 12.7 Å². The van der Waals surface area contributed by atoms with Crippen LogP contribution >= 0.6 is 0 Å². The van der Waals surface area contributed by atoms with Gasteiger partial charge in [0.2, 0.25) is 5.91 Å². The van der Waals surface area contributed by atoms with Crippen LogP contribution in [0.4, 0.5) is 5.69 Å². The number of hydrogen-bond donors (Lipinski definition) is 2. The Balaban J connectivity index is 1.56. The highest BCUT2D eigenvalue weighted by Crippen LogP contribution is 2.32. The van der Waals surface area contributed by atoms with E-state index < -0.39 is 0 Å². The molecule has 19 heavy (non-hydrogen) atoms. The predicted molar refractivity (Wildman–Crippen MR) is 70.6 cm³/mol. The van der Waals surface area contributed by atoms with Gasteiger partial charge in [0.1, 0.15) is 0 Å². The van der Waals surface area contributed by atoms with Crippen molar-refractivity contribution in [2.45, 2.75) is 18.9 Å². The third-order valence-electron chi connectivity index (χ3n) is 3.32. The van der Waals surface area contributed by atoms with Gasteiger partial charge in [-0.3, -0.25) is 4.79 Å². The van der Waals surface area contributed by atoms with Crippen LogP contribution in [0.25, 0.3) is 0 Å². The van der Waals surface area contributed by atoms with Crippen molar-refractivity contribution in [2.24, 2.45) is 0 Å². The summed E-state index contributed by atoms with van der Waals surface area (Å²) < 4.78 is 4.93. The normalized spacial score (nSPS) is 16.7. The first-order chi connectivity index (χ1) is 9.33. The van der Waals surface area contributed by atoms with Crippen molar-refractivity contribution in [1.29, 1.82) is 0 Å². The highest BCUT2D eigenvalue weighted by atomic mass is 16.5. The summed E-state index contributed by atoms with van der Waals surface area (Å²) in [7, 11) is 0. The van der Waals surface area contributed by atoms with Crippen LogP contribution in [-0.2, 0) is 11.3 Å². The van der Waals surface area contributed by atoms with Crippen molar-refractivity contribution >= 4 is 11.6 Å². The van der Waals surface area contributed by atoms with Gasteiger partial charge in [-0.25, -0.2) is 0 Å². The molecule has 0 fully saturated rings. The fourth-order valence-corrected chi connectivity index (χ4v) is 2.35. The van der Waals surface area contributed by atoms with Gasteiger partial charge in [0.15, 0.2) is 5.76 Å². The smallest absolute Gasteiger partial charge is 0.221 e. The Morgan fingerprint density at radius 1 is 1.42 bits per heavy atom. The number of aromatic nitrogens is 1. The molecule has 0 saturated carbocycles. The summed E-state index contributed by atoms with van der Waals surface area (Å²) in [6.07, 6.45) is 2.05. The lowest BCUT2D eigenvalue weighted by Gasteiger charge is -2.09. The van der Waals surface area contributed by atoms with Crippen molar-refractivity contribution in [1.82, 2.24) is 10.5 Å². The number of amides is 1. The molecule has 1 unspecified atom stereocenters. The molecule has 5 heteroatoms. The Bertz CT molecular complexity index is 566. The molecule has 1 aromatic carbocycles. The first-order valence-corrected chi connectivity index (χ1v) is 6.32. The highest BCUT2D eigenvalue weighted by molar-refractivity contribution is 5.78. The lowest BCUT2D eigenvalue weighted by atomic mass is 9.97. The van der Waals surface area contributed by atoms with Gasteiger partial charge in [0.25, 0.3) is 0 Å². The maximum Gasteiger partial charge on any atom is 0.221 e. The molecule has 0 bridgehead atoms. The number of hydrogen-bond acceptors (Lipinski definition) is 4. The van der Waals surface area contributed by atoms with Gasteiger partial charge in [-0.1, -0.05) is 23.4 Å². The first-order valence-electron chi connectivity index (χ1n) is 6.32. The summed E-state index contributed by atoms with van der Waals surface area (Å²) in [4.78, 5) is 11.9. The Hall–Kier alpha value is -2.30. The van der Waals surface area contributed by atoms with E-state index in [1.807, 2.05) is 18.2 Å². The minimum atomic E-state index is 0.0277. The van der Waals surface area contributed by atoms with Crippen LogP contribution in [0, 0.1) is 0 Å². The van der Waals surface area contributed by atoms with Crippen molar-refractivity contribution < 1.29 is 9.32 Å². The van der Waals surface area contributed by atoms with Gasteiger partial charge in [-0.05, 0) is 11.6 Å². The number of rotatable bonds is 4. The third-order valence-corrected chi connectivity index (χ3v) is 3.32. The van der Waals surface area contributed by atoms with E-state index in [4.69, 9.17) is 4.52 Å². The molecule has 1 aromatic heterocycles. The standard InChI is InChI=1S/C14H15N3O2/c18-14(16-9-11-5-6-17-19-11)7-10-8-15-13-4-2-1-3-12(10)13/h1-6,10,15H,7-9H2,(H,16,18). The number of fused-ring (bicyclic) bond motifs is 1. The number of nitrogens with zero attached hydrogens (tertiary/aromatic N) is 1. The average molecular weight is 257 g/mol. The highest BCUT2D eigenvalue weighted by Gasteiger charge is 2.23. The maximum atomic E-state index is 11.9. The molecule has 2 aromatic rings. The van der Waals surface area contributed by atoms with Crippen molar-refractivity contribution in [2.75, 3.05) is 11.9 Å². The van der Waals surface area contributed by atoms with Crippen LogP contribution < -0.4 is 10.6 Å². The van der Waals surface area contributed by atoms with E-state index in [1.165, 1.54) is 5.56 Å². The monoisotopic (exact) mass is 257 g/mol. The molecule has 1 aliphatic rings. The van der Waals surface area contributed by atoms with E-state index in [0.29, 0.717) is 18.7 Å². The molecule has 2 N–H and O–H groups in total. The summed E-state index contributed by atoms with van der Waals surface area (Å²) in [5, 5.41) is 9.76. The summed E-state index contributed by atoms with van der Waals surface area (Å²) in [6.45, 7) is 1.20. The third kappa shape index (κ3) is 2.59. The number of nitrogens with one attached hydrogen (secondary N) is 2. The zero-order chi connectivity index (χ0) is 13.1. The number of para-hydroxylation sites is 1. The predicted octanol–water partition coefficient (Wildman–Crippen LogP) is 1.89. The van der Waals surface area contributed by atoms with Crippen LogP contribution in [0.1, 0.15) is 23.7 Å². The summed E-state index contributed by atoms with van der Waals surface area (Å²) in [5.74, 6) is 0.934. The van der Waals surface area contributed by atoms with E-state index in [2.05, 4.69) is 21.9 Å². The molecular weight excluding hydrogens is 242 g/mol. The average Bonchev–Trinajstić information content (AvgIpc) is 3.07. The van der Waals surface area contributed by atoms with E-state index >= 15 is 0 Å². The molecule has 1 atom stereocenters. The van der Waals surface area contributed by atoms with Gasteiger partial charge < -0.3 is 15.2 Å². The van der Waals surface area contributed by atoms with Crippen LogP contribution in [0.3, 0.4) is 0 Å². The molecule has 0 aliphatic carbocycles.